The Bertz CT molecular complexity index is 361. The zero-order valence-electron chi connectivity index (χ0n) is 10.5. The molecule has 0 amide bonds. The average Bonchev–Trinajstić information content (AvgIpc) is 2.34. The Hall–Kier alpha value is -1.04. The van der Waals surface area contributed by atoms with E-state index < -0.39 is 17.0 Å². The Labute approximate surface area is 106 Å². The molecule has 0 bridgehead atoms. The van der Waals surface area contributed by atoms with Crippen LogP contribution < -0.4 is 5.73 Å². The second-order valence-electron chi connectivity index (χ2n) is 4.40. The summed E-state index contributed by atoms with van der Waals surface area (Å²) in [5.41, 5.74) is 5.26. The van der Waals surface area contributed by atoms with E-state index in [1.54, 1.807) is 7.11 Å². The molecule has 18 heavy (non-hydrogen) atoms. The predicted molar refractivity (Wildman–Crippen MR) is 65.3 cm³/mol. The fourth-order valence-electron chi connectivity index (χ4n) is 2.01. The molecule has 102 valence electrons. The monoisotopic (exact) mass is 259 g/mol. The Morgan fingerprint density at radius 1 is 1.28 bits per heavy atom. The van der Waals surface area contributed by atoms with Crippen molar-refractivity contribution in [3.05, 3.63) is 35.4 Å². The molecule has 0 aliphatic carbocycles. The zero-order chi connectivity index (χ0) is 13.6. The van der Waals surface area contributed by atoms with Crippen molar-refractivity contribution in [2.24, 2.45) is 5.73 Å². The minimum Gasteiger partial charge on any atom is -0.395 e. The van der Waals surface area contributed by atoms with Crippen LogP contribution in [0.3, 0.4) is 0 Å². The van der Waals surface area contributed by atoms with Crippen LogP contribution in [0.1, 0.15) is 18.4 Å². The normalized spacial score (nSPS) is 14.5. The number of ether oxygens (including phenoxy) is 1. The molecule has 0 heterocycles. The summed E-state index contributed by atoms with van der Waals surface area (Å²) in [6.07, 6.45) is 1.17. The average molecular weight is 259 g/mol. The van der Waals surface area contributed by atoms with Crippen molar-refractivity contribution in [2.75, 3.05) is 26.9 Å². The summed E-state index contributed by atoms with van der Waals surface area (Å²) < 4.78 is 31.4. The topological polar surface area (TPSA) is 55.5 Å². The Kier molecular flexibility index (Phi) is 5.65. The molecule has 0 saturated carbocycles. The predicted octanol–water partition coefficient (Wildman–Crippen LogP) is 1.58. The quantitative estimate of drug-likeness (QED) is 0.731. The maximum atomic E-state index is 13.2. The van der Waals surface area contributed by atoms with Crippen molar-refractivity contribution in [2.45, 2.75) is 18.3 Å². The number of aliphatic hydroxyl groups is 1. The maximum Gasteiger partial charge on any atom is 0.126 e. The van der Waals surface area contributed by atoms with Crippen LogP contribution in [0.5, 0.6) is 0 Å². The molecule has 1 atom stereocenters. The van der Waals surface area contributed by atoms with Gasteiger partial charge in [-0.1, -0.05) is 0 Å². The molecule has 1 rings (SSSR count). The van der Waals surface area contributed by atoms with E-state index in [2.05, 4.69) is 0 Å². The summed E-state index contributed by atoms with van der Waals surface area (Å²) in [6, 6.07) is 3.25. The molecule has 0 saturated heterocycles. The second-order valence-corrected chi connectivity index (χ2v) is 4.40. The van der Waals surface area contributed by atoms with Gasteiger partial charge in [0.15, 0.2) is 0 Å². The van der Waals surface area contributed by atoms with E-state index >= 15 is 0 Å². The van der Waals surface area contributed by atoms with Gasteiger partial charge in [-0.2, -0.15) is 0 Å². The molecular weight excluding hydrogens is 240 g/mol. The lowest BCUT2D eigenvalue weighted by molar-refractivity contribution is 0.153. The molecule has 1 unspecified atom stereocenters. The summed E-state index contributed by atoms with van der Waals surface area (Å²) in [5, 5.41) is 9.55. The van der Waals surface area contributed by atoms with Crippen LogP contribution in [-0.2, 0) is 10.2 Å². The van der Waals surface area contributed by atoms with Gasteiger partial charge in [0.2, 0.25) is 0 Å². The van der Waals surface area contributed by atoms with Crippen LogP contribution in [0, 0.1) is 11.6 Å². The summed E-state index contributed by atoms with van der Waals surface area (Å²) in [5.74, 6) is -1.33. The van der Waals surface area contributed by atoms with Gasteiger partial charge in [-0.3, -0.25) is 0 Å². The van der Waals surface area contributed by atoms with Gasteiger partial charge in [-0.25, -0.2) is 8.78 Å². The lowest BCUT2D eigenvalue weighted by Gasteiger charge is -2.31. The summed E-state index contributed by atoms with van der Waals surface area (Å²) in [4.78, 5) is 0. The van der Waals surface area contributed by atoms with Gasteiger partial charge in [-0.05, 0) is 30.5 Å². The van der Waals surface area contributed by atoms with Crippen LogP contribution in [0.2, 0.25) is 0 Å². The minimum atomic E-state index is -0.818. The third-order valence-corrected chi connectivity index (χ3v) is 3.17. The number of aliphatic hydroxyl groups excluding tert-OH is 1. The van der Waals surface area contributed by atoms with E-state index in [0.717, 1.165) is 6.07 Å². The second kappa shape index (κ2) is 6.78. The number of hydrogen-bond acceptors (Lipinski definition) is 3. The van der Waals surface area contributed by atoms with E-state index in [9.17, 15) is 13.9 Å². The van der Waals surface area contributed by atoms with E-state index in [0.29, 0.717) is 25.0 Å². The molecular formula is C13H19F2NO2. The van der Waals surface area contributed by atoms with Crippen LogP contribution in [0.25, 0.3) is 0 Å². The maximum absolute atomic E-state index is 13.2. The Morgan fingerprint density at radius 2 is 1.89 bits per heavy atom. The molecule has 0 radical (unpaired) electrons. The number of benzene rings is 1. The number of methoxy groups -OCH3 is 1. The molecule has 0 aliphatic heterocycles. The number of hydrogen-bond donors (Lipinski definition) is 2. The third kappa shape index (κ3) is 3.48. The van der Waals surface area contributed by atoms with Crippen LogP contribution in [-0.4, -0.2) is 32.0 Å². The van der Waals surface area contributed by atoms with Gasteiger partial charge >= 0.3 is 0 Å². The summed E-state index contributed by atoms with van der Waals surface area (Å²) in [7, 11) is 1.57. The third-order valence-electron chi connectivity index (χ3n) is 3.17. The lowest BCUT2D eigenvalue weighted by Crippen LogP contribution is -2.39. The number of rotatable bonds is 7. The molecule has 5 heteroatoms. The summed E-state index contributed by atoms with van der Waals surface area (Å²) in [6.45, 7) is 0.381. The van der Waals surface area contributed by atoms with Crippen molar-refractivity contribution in [3.8, 4) is 0 Å². The van der Waals surface area contributed by atoms with E-state index in [1.807, 2.05) is 0 Å². The van der Waals surface area contributed by atoms with Gasteiger partial charge in [0, 0.05) is 31.7 Å². The fourth-order valence-corrected chi connectivity index (χ4v) is 2.01. The van der Waals surface area contributed by atoms with Crippen molar-refractivity contribution >= 4 is 0 Å². The molecule has 1 aromatic rings. The minimum absolute atomic E-state index is 0.121. The molecule has 0 aromatic heterocycles. The first-order valence-electron chi connectivity index (χ1n) is 5.84. The lowest BCUT2D eigenvalue weighted by atomic mass is 9.77. The molecule has 0 spiro atoms. The van der Waals surface area contributed by atoms with Crippen LogP contribution in [0.4, 0.5) is 8.78 Å². The van der Waals surface area contributed by atoms with Gasteiger partial charge < -0.3 is 15.6 Å². The Morgan fingerprint density at radius 3 is 2.33 bits per heavy atom. The first-order valence-corrected chi connectivity index (χ1v) is 5.84. The fraction of sp³-hybridized carbons (Fsp3) is 0.538. The Balaban J connectivity index is 3.01. The molecule has 3 nitrogen and oxygen atoms in total. The zero-order valence-corrected chi connectivity index (χ0v) is 10.5. The SMILES string of the molecule is COCCCC(CN)(CO)c1cc(F)cc(F)c1. The highest BCUT2D eigenvalue weighted by molar-refractivity contribution is 5.27. The highest BCUT2D eigenvalue weighted by Crippen LogP contribution is 2.29. The first kappa shape index (κ1) is 15.0. The largest absolute Gasteiger partial charge is 0.395 e. The number of halogens is 2. The molecule has 0 aliphatic rings. The van der Waals surface area contributed by atoms with Crippen molar-refractivity contribution in [1.82, 2.24) is 0 Å². The van der Waals surface area contributed by atoms with Gasteiger partial charge in [0.1, 0.15) is 11.6 Å². The van der Waals surface area contributed by atoms with E-state index in [4.69, 9.17) is 10.5 Å². The standard InChI is InChI=1S/C13H19F2NO2/c1-18-4-2-3-13(8-16,9-17)10-5-11(14)7-12(15)6-10/h5-7,17H,2-4,8-9,16H2,1H3. The summed E-state index contributed by atoms with van der Waals surface area (Å²) >= 11 is 0. The van der Waals surface area contributed by atoms with Crippen molar-refractivity contribution in [1.29, 1.82) is 0 Å². The van der Waals surface area contributed by atoms with Crippen molar-refractivity contribution in [3.63, 3.8) is 0 Å². The smallest absolute Gasteiger partial charge is 0.126 e. The highest BCUT2D eigenvalue weighted by atomic mass is 19.1. The molecule has 3 N–H and O–H groups in total. The van der Waals surface area contributed by atoms with E-state index in [-0.39, 0.29) is 13.2 Å². The molecule has 0 fully saturated rings. The highest BCUT2D eigenvalue weighted by Gasteiger charge is 2.30. The van der Waals surface area contributed by atoms with Gasteiger partial charge in [0.05, 0.1) is 6.61 Å². The number of nitrogens with two attached hydrogens (primary N) is 1. The van der Waals surface area contributed by atoms with E-state index in [1.165, 1.54) is 12.1 Å². The van der Waals surface area contributed by atoms with Crippen LogP contribution >= 0.6 is 0 Å². The van der Waals surface area contributed by atoms with Gasteiger partial charge in [-0.15, -0.1) is 0 Å². The van der Waals surface area contributed by atoms with Crippen LogP contribution in [0.15, 0.2) is 18.2 Å². The van der Waals surface area contributed by atoms with Crippen molar-refractivity contribution < 1.29 is 18.6 Å². The van der Waals surface area contributed by atoms with Gasteiger partial charge in [0.25, 0.3) is 0 Å². The first-order chi connectivity index (χ1) is 8.57. The molecule has 1 aromatic carbocycles.